The Balaban J connectivity index is 2.00. The Hall–Kier alpha value is -1.12. The molecule has 0 saturated carbocycles. The molecule has 1 heterocycles. The minimum Gasteiger partial charge on any atom is -0.311 e. The zero-order valence-corrected chi connectivity index (χ0v) is 12.9. The predicted octanol–water partition coefficient (Wildman–Crippen LogP) is 3.10. The summed E-state index contributed by atoms with van der Waals surface area (Å²) >= 11 is 0. The van der Waals surface area contributed by atoms with Crippen LogP contribution in [0.2, 0.25) is 0 Å². The van der Waals surface area contributed by atoms with Gasteiger partial charge in [-0.25, -0.2) is 0 Å². The Labute approximate surface area is 123 Å². The van der Waals surface area contributed by atoms with Crippen molar-refractivity contribution in [3.05, 3.63) is 48.6 Å². The molecule has 110 valence electrons. The molecule has 0 bridgehead atoms. The highest BCUT2D eigenvalue weighted by Gasteiger charge is 2.29. The van der Waals surface area contributed by atoms with Gasteiger partial charge in [-0.05, 0) is 17.9 Å². The molecule has 20 heavy (non-hydrogen) atoms. The summed E-state index contributed by atoms with van der Waals surface area (Å²) < 4.78 is 0. The second kappa shape index (κ2) is 7.61. The van der Waals surface area contributed by atoms with Crippen molar-refractivity contribution in [3.8, 4) is 0 Å². The summed E-state index contributed by atoms with van der Waals surface area (Å²) in [5, 5.41) is 3.75. The molecule has 1 aliphatic rings. The lowest BCUT2D eigenvalue weighted by Crippen LogP contribution is -2.58. The SMILES string of the molecule is C=CCN1CC(C(C)CC)NCC1Cc1ccccc1. The van der Waals surface area contributed by atoms with Crippen LogP contribution in [0, 0.1) is 5.92 Å². The van der Waals surface area contributed by atoms with Crippen molar-refractivity contribution in [1.29, 1.82) is 0 Å². The smallest absolute Gasteiger partial charge is 0.0265 e. The lowest BCUT2D eigenvalue weighted by Gasteiger charge is -2.42. The lowest BCUT2D eigenvalue weighted by atomic mass is 9.93. The number of nitrogens with zero attached hydrogens (tertiary/aromatic N) is 1. The van der Waals surface area contributed by atoms with E-state index in [1.807, 2.05) is 6.08 Å². The monoisotopic (exact) mass is 272 g/mol. The molecular formula is C18H28N2. The Morgan fingerprint density at radius 2 is 2.15 bits per heavy atom. The predicted molar refractivity (Wildman–Crippen MR) is 86.9 cm³/mol. The fraction of sp³-hybridized carbons (Fsp3) is 0.556. The van der Waals surface area contributed by atoms with Crippen LogP contribution in [-0.2, 0) is 6.42 Å². The molecule has 1 aliphatic heterocycles. The Morgan fingerprint density at radius 3 is 2.80 bits per heavy atom. The summed E-state index contributed by atoms with van der Waals surface area (Å²) in [7, 11) is 0. The van der Waals surface area contributed by atoms with Gasteiger partial charge >= 0.3 is 0 Å². The van der Waals surface area contributed by atoms with E-state index in [9.17, 15) is 0 Å². The molecule has 0 spiro atoms. The number of benzene rings is 1. The molecule has 1 aromatic rings. The number of hydrogen-bond donors (Lipinski definition) is 1. The van der Waals surface area contributed by atoms with Crippen LogP contribution in [0.1, 0.15) is 25.8 Å². The van der Waals surface area contributed by atoms with Crippen LogP contribution in [0.25, 0.3) is 0 Å². The van der Waals surface area contributed by atoms with Crippen molar-refractivity contribution in [2.24, 2.45) is 5.92 Å². The molecule has 0 amide bonds. The van der Waals surface area contributed by atoms with Crippen molar-refractivity contribution in [1.82, 2.24) is 10.2 Å². The van der Waals surface area contributed by atoms with Gasteiger partial charge in [-0.15, -0.1) is 6.58 Å². The van der Waals surface area contributed by atoms with Crippen molar-refractivity contribution in [2.45, 2.75) is 38.8 Å². The summed E-state index contributed by atoms with van der Waals surface area (Å²) in [6.45, 7) is 11.8. The van der Waals surface area contributed by atoms with Crippen LogP contribution < -0.4 is 5.32 Å². The minimum absolute atomic E-state index is 0.579. The van der Waals surface area contributed by atoms with Gasteiger partial charge in [-0.2, -0.15) is 0 Å². The maximum absolute atomic E-state index is 3.92. The quantitative estimate of drug-likeness (QED) is 0.801. The largest absolute Gasteiger partial charge is 0.311 e. The van der Waals surface area contributed by atoms with Crippen LogP contribution in [0.5, 0.6) is 0 Å². The third kappa shape index (κ3) is 3.94. The highest BCUT2D eigenvalue weighted by Crippen LogP contribution is 2.18. The molecule has 0 aromatic heterocycles. The first kappa shape index (κ1) is 15.3. The highest BCUT2D eigenvalue weighted by atomic mass is 15.2. The molecule has 3 unspecified atom stereocenters. The van der Waals surface area contributed by atoms with Gasteiger partial charge in [0, 0.05) is 31.7 Å². The average Bonchev–Trinajstić information content (AvgIpc) is 2.49. The first-order valence-corrected chi connectivity index (χ1v) is 7.86. The van der Waals surface area contributed by atoms with Crippen molar-refractivity contribution in [3.63, 3.8) is 0 Å². The van der Waals surface area contributed by atoms with Gasteiger partial charge in [-0.1, -0.05) is 56.7 Å². The first-order valence-electron chi connectivity index (χ1n) is 7.86. The van der Waals surface area contributed by atoms with E-state index in [1.54, 1.807) is 0 Å². The minimum atomic E-state index is 0.579. The molecule has 1 fully saturated rings. The van der Waals surface area contributed by atoms with Gasteiger partial charge in [0.25, 0.3) is 0 Å². The molecule has 0 aliphatic carbocycles. The lowest BCUT2D eigenvalue weighted by molar-refractivity contribution is 0.121. The van der Waals surface area contributed by atoms with E-state index in [-0.39, 0.29) is 0 Å². The van der Waals surface area contributed by atoms with E-state index in [4.69, 9.17) is 0 Å². The summed E-state index contributed by atoms with van der Waals surface area (Å²) in [6, 6.07) is 12.0. The molecule has 2 nitrogen and oxygen atoms in total. The van der Waals surface area contributed by atoms with E-state index in [2.05, 4.69) is 61.0 Å². The van der Waals surface area contributed by atoms with Crippen LogP contribution in [0.4, 0.5) is 0 Å². The highest BCUT2D eigenvalue weighted by molar-refractivity contribution is 5.16. The summed E-state index contributed by atoms with van der Waals surface area (Å²) in [4.78, 5) is 2.59. The normalized spacial score (nSPS) is 25.3. The van der Waals surface area contributed by atoms with Crippen LogP contribution in [0.3, 0.4) is 0 Å². The number of piperazine rings is 1. The summed E-state index contributed by atoms with van der Waals surface area (Å²) in [6.07, 6.45) is 4.40. The molecule has 2 heteroatoms. The fourth-order valence-corrected chi connectivity index (χ4v) is 3.03. The topological polar surface area (TPSA) is 15.3 Å². The van der Waals surface area contributed by atoms with E-state index >= 15 is 0 Å². The molecule has 0 radical (unpaired) electrons. The van der Waals surface area contributed by atoms with Gasteiger partial charge in [0.2, 0.25) is 0 Å². The van der Waals surface area contributed by atoms with Crippen LogP contribution >= 0.6 is 0 Å². The third-order valence-corrected chi connectivity index (χ3v) is 4.57. The standard InChI is InChI=1S/C18H28N2/c1-4-11-20-14-18(15(3)5-2)19-13-17(20)12-16-9-7-6-8-10-16/h4,6-10,15,17-19H,1,5,11-14H2,2-3H3. The molecule has 2 rings (SSSR count). The van der Waals surface area contributed by atoms with E-state index in [1.165, 1.54) is 12.0 Å². The van der Waals surface area contributed by atoms with E-state index in [0.29, 0.717) is 12.1 Å². The van der Waals surface area contributed by atoms with Crippen LogP contribution in [-0.4, -0.2) is 36.6 Å². The maximum atomic E-state index is 3.92. The first-order chi connectivity index (χ1) is 9.74. The van der Waals surface area contributed by atoms with Gasteiger partial charge in [-0.3, -0.25) is 4.90 Å². The fourth-order valence-electron chi connectivity index (χ4n) is 3.03. The van der Waals surface area contributed by atoms with Crippen molar-refractivity contribution < 1.29 is 0 Å². The number of hydrogen-bond acceptors (Lipinski definition) is 2. The maximum Gasteiger partial charge on any atom is 0.0265 e. The number of rotatable bonds is 6. The number of nitrogens with one attached hydrogen (secondary N) is 1. The molecule has 3 atom stereocenters. The molecule has 1 aromatic carbocycles. The van der Waals surface area contributed by atoms with Crippen LogP contribution in [0.15, 0.2) is 43.0 Å². The van der Waals surface area contributed by atoms with Crippen molar-refractivity contribution >= 4 is 0 Å². The Bertz CT molecular complexity index is 401. The second-order valence-corrected chi connectivity index (χ2v) is 5.99. The summed E-state index contributed by atoms with van der Waals surface area (Å²) in [5.41, 5.74) is 1.43. The molecule has 1 N–H and O–H groups in total. The van der Waals surface area contributed by atoms with Gasteiger partial charge in [0.1, 0.15) is 0 Å². The van der Waals surface area contributed by atoms with Gasteiger partial charge in [0.15, 0.2) is 0 Å². The van der Waals surface area contributed by atoms with E-state index < -0.39 is 0 Å². The average molecular weight is 272 g/mol. The van der Waals surface area contributed by atoms with Gasteiger partial charge in [0.05, 0.1) is 0 Å². The Kier molecular flexibility index (Phi) is 5.81. The van der Waals surface area contributed by atoms with Crippen molar-refractivity contribution in [2.75, 3.05) is 19.6 Å². The zero-order chi connectivity index (χ0) is 14.4. The second-order valence-electron chi connectivity index (χ2n) is 5.99. The Morgan fingerprint density at radius 1 is 1.40 bits per heavy atom. The van der Waals surface area contributed by atoms with E-state index in [0.717, 1.165) is 32.0 Å². The van der Waals surface area contributed by atoms with Gasteiger partial charge < -0.3 is 5.32 Å². The molecule has 1 saturated heterocycles. The molecular weight excluding hydrogens is 244 g/mol. The summed E-state index contributed by atoms with van der Waals surface area (Å²) in [5.74, 6) is 0.736. The third-order valence-electron chi connectivity index (χ3n) is 4.57. The zero-order valence-electron chi connectivity index (χ0n) is 12.9.